The van der Waals surface area contributed by atoms with Crippen LogP contribution < -0.4 is 10.6 Å². The second-order valence-electron chi connectivity index (χ2n) is 13.5. The number of benzene rings is 2. The number of likely N-dealkylation sites (N-methyl/N-ethyl adjacent to an activating group) is 2. The molecule has 10 aliphatic rings. The van der Waals surface area contributed by atoms with Crippen molar-refractivity contribution in [3.8, 4) is 0 Å². The Balaban J connectivity index is 1.36. The summed E-state index contributed by atoms with van der Waals surface area (Å²) in [6, 6.07) is 14.8. The average Bonchev–Trinajstić information content (AvgIpc) is 3.70. The number of amides is 4. The largest absolute Gasteiger partial charge is 0.388 e. The molecular weight excluding hydrogens is 669 g/mol. The molecule has 0 aromatic heterocycles. The van der Waals surface area contributed by atoms with Crippen molar-refractivity contribution in [3.63, 3.8) is 0 Å². The molecule has 2 aromatic carbocycles. The maximum atomic E-state index is 14.7. The van der Waals surface area contributed by atoms with Gasteiger partial charge in [-0.3, -0.25) is 29.0 Å². The Morgan fingerprint density at radius 1 is 0.609 bits per heavy atom. The van der Waals surface area contributed by atoms with E-state index >= 15 is 0 Å². The quantitative estimate of drug-likeness (QED) is 0.320. The molecule has 4 bridgehead atoms. The summed E-state index contributed by atoms with van der Waals surface area (Å²) in [6.07, 6.45) is -5.21. The number of carbonyl (C=O) groups excluding carboxylic acids is 4. The molecule has 0 radical (unpaired) electrons. The van der Waals surface area contributed by atoms with Gasteiger partial charge in [0.15, 0.2) is 9.74 Å². The van der Waals surface area contributed by atoms with Crippen molar-refractivity contribution in [3.05, 3.63) is 59.7 Å². The van der Waals surface area contributed by atoms with Crippen molar-refractivity contribution in [2.24, 2.45) is 0 Å². The SMILES string of the molecule is CN1C(=O)[C@]23SS[C@@]1(C)C(=O)N2[C@@H]1Nc2ccccc2[C@]1([C@]12c4ccccc4N[C@H]1N1C(=O)[C@@]4(C)SS[C@@]1(C(=O)N4C)[C@@H]2O)[C@H]3O. The van der Waals surface area contributed by atoms with Crippen molar-refractivity contribution in [1.82, 2.24) is 19.6 Å². The number of piperazine rings is 2. The van der Waals surface area contributed by atoms with Crippen LogP contribution in [-0.2, 0) is 30.0 Å². The van der Waals surface area contributed by atoms with E-state index in [1.165, 1.54) is 62.8 Å². The summed E-state index contributed by atoms with van der Waals surface area (Å²) in [5.74, 6) is -1.52. The molecule has 4 N–H and O–H groups in total. The summed E-state index contributed by atoms with van der Waals surface area (Å²) >= 11 is 0. The van der Waals surface area contributed by atoms with Crippen LogP contribution in [0.15, 0.2) is 48.5 Å². The van der Waals surface area contributed by atoms with Gasteiger partial charge in [-0.1, -0.05) is 58.0 Å². The van der Waals surface area contributed by atoms with Crippen LogP contribution in [0.25, 0.3) is 0 Å². The Morgan fingerprint density at radius 2 is 0.978 bits per heavy atom. The predicted molar refractivity (Wildman–Crippen MR) is 175 cm³/mol. The summed E-state index contributed by atoms with van der Waals surface area (Å²) < 4.78 is 0. The molecule has 238 valence electrons. The first-order valence-electron chi connectivity index (χ1n) is 14.9. The molecule has 0 saturated carbocycles. The second-order valence-corrected chi connectivity index (χ2v) is 19.0. The molecule has 4 amide bonds. The van der Waals surface area contributed by atoms with E-state index in [2.05, 4.69) is 10.6 Å². The van der Waals surface area contributed by atoms with Crippen molar-refractivity contribution in [2.75, 3.05) is 24.7 Å². The smallest absolute Gasteiger partial charge is 0.264 e. The highest BCUT2D eigenvalue weighted by Gasteiger charge is 2.92. The molecule has 46 heavy (non-hydrogen) atoms. The molecule has 8 fully saturated rings. The minimum Gasteiger partial charge on any atom is -0.388 e. The van der Waals surface area contributed by atoms with Gasteiger partial charge in [0.2, 0.25) is 9.74 Å². The van der Waals surface area contributed by atoms with Crippen LogP contribution in [0.5, 0.6) is 0 Å². The Morgan fingerprint density at radius 3 is 1.37 bits per heavy atom. The zero-order valence-corrected chi connectivity index (χ0v) is 28.1. The summed E-state index contributed by atoms with van der Waals surface area (Å²) in [7, 11) is 7.98. The highest BCUT2D eigenvalue weighted by molar-refractivity contribution is 8.78. The van der Waals surface area contributed by atoms with Crippen molar-refractivity contribution >= 4 is 78.2 Å². The standard InChI is InChI=1S/C30H28N6O6S4/c1-25-21(39)35-19-27(13-9-5-7-11-15(13)31-19,17(37)29(35,45-43-25)23(41)33(25)3)28-14-10-6-8-12-16(14)32-20(28)36-22(40)26(2)34(4)24(42)30(36,18(28)38)46-44-26/h5-12,17-20,31-32,37-38H,1-4H3/t17-,18-,19+,20+,25-,26+,27+,28+,29-,30+/m1/s1. The fourth-order valence-electron chi connectivity index (χ4n) is 9.79. The first kappa shape index (κ1) is 28.3. The Hall–Kier alpha value is -2.76. The molecule has 10 heterocycles. The molecule has 0 unspecified atom stereocenters. The van der Waals surface area contributed by atoms with Gasteiger partial charge in [0, 0.05) is 25.5 Å². The van der Waals surface area contributed by atoms with Gasteiger partial charge in [0.25, 0.3) is 23.6 Å². The minimum absolute atomic E-state index is 0.342. The zero-order chi connectivity index (χ0) is 32.1. The topological polar surface area (TPSA) is 146 Å². The zero-order valence-electron chi connectivity index (χ0n) is 24.9. The number of hydrogen-bond donors (Lipinski definition) is 4. The Bertz CT molecular complexity index is 1760. The highest BCUT2D eigenvalue weighted by Crippen LogP contribution is 2.78. The second kappa shape index (κ2) is 7.92. The summed E-state index contributed by atoms with van der Waals surface area (Å²) in [4.78, 5) is 58.2. The number of rotatable bonds is 1. The third-order valence-electron chi connectivity index (χ3n) is 12.1. The molecule has 12 rings (SSSR count). The Kier molecular flexibility index (Phi) is 4.87. The molecule has 8 saturated heterocycles. The van der Waals surface area contributed by atoms with E-state index in [9.17, 15) is 29.4 Å². The lowest BCUT2D eigenvalue weighted by atomic mass is 9.52. The first-order valence-corrected chi connectivity index (χ1v) is 19.2. The number of nitrogens with zero attached hydrogens (tertiary/aromatic N) is 4. The van der Waals surface area contributed by atoms with E-state index in [0.29, 0.717) is 22.5 Å². The van der Waals surface area contributed by atoms with Gasteiger partial charge in [-0.15, -0.1) is 0 Å². The van der Waals surface area contributed by atoms with Crippen LogP contribution in [0.3, 0.4) is 0 Å². The number of hydrogen-bond acceptors (Lipinski definition) is 12. The van der Waals surface area contributed by atoms with E-state index in [0.717, 1.165) is 0 Å². The number of para-hydroxylation sites is 2. The van der Waals surface area contributed by atoms with Crippen LogP contribution in [0, 0.1) is 0 Å². The van der Waals surface area contributed by atoms with Crippen LogP contribution in [-0.4, -0.2) is 112 Å². The highest BCUT2D eigenvalue weighted by atomic mass is 33.1. The summed E-state index contributed by atoms with van der Waals surface area (Å²) in [5, 5.41) is 33.6. The van der Waals surface area contributed by atoms with Gasteiger partial charge in [-0.2, -0.15) is 0 Å². The number of anilines is 2. The third-order valence-corrected chi connectivity index (χ3v) is 19.5. The van der Waals surface area contributed by atoms with Gasteiger partial charge in [-0.25, -0.2) is 0 Å². The lowest BCUT2D eigenvalue weighted by molar-refractivity contribution is -0.166. The third kappa shape index (κ3) is 2.30. The molecule has 10 atom stereocenters. The van der Waals surface area contributed by atoms with E-state index < -0.39 is 66.7 Å². The first-order chi connectivity index (χ1) is 21.8. The van der Waals surface area contributed by atoms with Crippen LogP contribution in [0.2, 0.25) is 0 Å². The monoisotopic (exact) mass is 696 g/mol. The molecule has 10 aliphatic heterocycles. The number of fused-ring (bicyclic) bond motifs is 11. The molecular formula is C30H28N6O6S4. The molecule has 0 aliphatic carbocycles. The van der Waals surface area contributed by atoms with E-state index in [4.69, 9.17) is 0 Å². The van der Waals surface area contributed by atoms with Crippen molar-refractivity contribution in [1.29, 1.82) is 0 Å². The lowest BCUT2D eigenvalue weighted by Gasteiger charge is -2.58. The van der Waals surface area contributed by atoms with Gasteiger partial charge >= 0.3 is 0 Å². The average molecular weight is 697 g/mol. The normalized spacial score (nSPS) is 47.0. The van der Waals surface area contributed by atoms with Crippen molar-refractivity contribution < 1.29 is 29.4 Å². The molecule has 2 aromatic rings. The predicted octanol–water partition coefficient (Wildman–Crippen LogP) is 1.33. The molecule has 16 heteroatoms. The fraction of sp³-hybridized carbons (Fsp3) is 0.467. The van der Waals surface area contributed by atoms with Gasteiger partial charge in [0.1, 0.15) is 24.5 Å². The number of aliphatic hydroxyl groups is 2. The van der Waals surface area contributed by atoms with Crippen LogP contribution in [0.4, 0.5) is 11.4 Å². The van der Waals surface area contributed by atoms with Crippen LogP contribution in [0.1, 0.15) is 25.0 Å². The summed E-state index contributed by atoms with van der Waals surface area (Å²) in [6.45, 7) is 3.42. The lowest BCUT2D eigenvalue weighted by Crippen LogP contribution is -2.77. The number of nitrogens with one attached hydrogen (secondary N) is 2. The van der Waals surface area contributed by atoms with Crippen molar-refractivity contribution in [2.45, 2.75) is 68.7 Å². The Labute approximate surface area is 279 Å². The minimum atomic E-state index is -1.76. The van der Waals surface area contributed by atoms with Gasteiger partial charge in [-0.05, 0) is 58.7 Å². The summed E-state index contributed by atoms with van der Waals surface area (Å²) in [5.41, 5.74) is -0.775. The van der Waals surface area contributed by atoms with Gasteiger partial charge in [0.05, 0.1) is 10.8 Å². The van der Waals surface area contributed by atoms with E-state index in [1.54, 1.807) is 27.9 Å². The molecule has 12 nitrogen and oxygen atoms in total. The number of carbonyl (C=O) groups is 4. The maximum Gasteiger partial charge on any atom is 0.264 e. The van der Waals surface area contributed by atoms with Crippen LogP contribution >= 0.6 is 43.2 Å². The molecule has 2 spiro atoms. The number of aliphatic hydroxyl groups excluding tert-OH is 2. The van der Waals surface area contributed by atoms with Gasteiger partial charge < -0.3 is 30.6 Å². The van der Waals surface area contributed by atoms with E-state index in [1.807, 2.05) is 48.5 Å². The fourth-order valence-corrected chi connectivity index (χ4v) is 16.9. The van der Waals surface area contributed by atoms with E-state index in [-0.39, 0.29) is 11.8 Å². The maximum absolute atomic E-state index is 14.7.